The molecule has 14 nitrogen and oxygen atoms in total. The molecule has 0 bridgehead atoms. The fraction of sp³-hybridized carbons (Fsp3) is 0.395. The Morgan fingerprint density at radius 1 is 0.912 bits per heavy atom. The number of Topliss-reactive ketones (excluding diaryl/α,β-unsaturated/α-hetero) is 1. The van der Waals surface area contributed by atoms with Crippen LogP contribution in [-0.4, -0.2) is 74.6 Å². The number of ether oxygens (including phenoxy) is 2. The zero-order valence-electron chi connectivity index (χ0n) is 33.2. The Bertz CT molecular complexity index is 2090. The molecule has 3 N–H and O–H groups in total. The highest BCUT2D eigenvalue weighted by Crippen LogP contribution is 2.33. The van der Waals surface area contributed by atoms with Crippen molar-refractivity contribution in [2.45, 2.75) is 71.5 Å². The van der Waals surface area contributed by atoms with Crippen molar-refractivity contribution in [3.05, 3.63) is 96.2 Å². The molecule has 2 aromatic heterocycles. The van der Waals surface area contributed by atoms with Gasteiger partial charge in [0.05, 0.1) is 5.56 Å². The monoisotopic (exact) mass is 773 g/mol. The average Bonchev–Trinajstić information content (AvgIpc) is 3.75. The molecule has 57 heavy (non-hydrogen) atoms. The lowest BCUT2D eigenvalue weighted by atomic mass is 9.77. The number of hydrogen-bond acceptors (Lipinski definition) is 11. The molecule has 6 rings (SSSR count). The number of carbonyl (C=O) groups is 3. The van der Waals surface area contributed by atoms with Gasteiger partial charge in [0.1, 0.15) is 18.0 Å². The van der Waals surface area contributed by atoms with Gasteiger partial charge in [-0.25, -0.2) is 9.78 Å². The molecule has 2 heterocycles. The fourth-order valence-electron chi connectivity index (χ4n) is 6.89. The van der Waals surface area contributed by atoms with Gasteiger partial charge in [0.15, 0.2) is 0 Å². The third kappa shape index (κ3) is 11.7. The summed E-state index contributed by atoms with van der Waals surface area (Å²) in [5, 5.41) is 20.0. The van der Waals surface area contributed by atoms with E-state index in [4.69, 9.17) is 14.5 Å². The van der Waals surface area contributed by atoms with Gasteiger partial charge in [0.2, 0.25) is 23.6 Å². The second-order valence-electron chi connectivity index (χ2n) is 15.7. The van der Waals surface area contributed by atoms with Crippen LogP contribution in [0.2, 0.25) is 0 Å². The molecular formula is C43H51N9O5. The molecule has 14 heteroatoms. The zero-order valence-corrected chi connectivity index (χ0v) is 33.2. The van der Waals surface area contributed by atoms with Crippen molar-refractivity contribution in [1.29, 1.82) is 0 Å². The molecule has 1 saturated carbocycles. The Labute approximate surface area is 333 Å². The molecule has 0 radical (unpaired) electrons. The minimum atomic E-state index is -0.641. The van der Waals surface area contributed by atoms with Crippen LogP contribution >= 0.6 is 0 Å². The first-order valence-corrected chi connectivity index (χ1v) is 19.3. The highest BCUT2D eigenvalue weighted by molar-refractivity contribution is 5.96. The summed E-state index contributed by atoms with van der Waals surface area (Å²) < 4.78 is 11.7. The molecule has 1 fully saturated rings. The van der Waals surface area contributed by atoms with Crippen molar-refractivity contribution >= 4 is 29.4 Å². The number of carbonyl (C=O) groups excluding carboxylic acids is 3. The number of amides is 2. The van der Waals surface area contributed by atoms with Crippen LogP contribution < -0.4 is 20.3 Å². The molecule has 298 valence electrons. The maximum absolute atomic E-state index is 14.1. The predicted molar refractivity (Wildman–Crippen MR) is 217 cm³/mol. The van der Waals surface area contributed by atoms with Crippen molar-refractivity contribution in [3.8, 4) is 28.4 Å². The van der Waals surface area contributed by atoms with Crippen LogP contribution in [0, 0.1) is 17.8 Å². The third-order valence-corrected chi connectivity index (χ3v) is 9.89. The van der Waals surface area contributed by atoms with Crippen molar-refractivity contribution in [3.63, 3.8) is 0 Å². The Hall–Kier alpha value is -6.18. The van der Waals surface area contributed by atoms with Crippen molar-refractivity contribution < 1.29 is 23.9 Å². The van der Waals surface area contributed by atoms with Crippen LogP contribution in [0.1, 0.15) is 64.0 Å². The number of nitrogens with zero attached hydrogens (tertiary/aromatic N) is 6. The Morgan fingerprint density at radius 3 is 2.33 bits per heavy atom. The van der Waals surface area contributed by atoms with E-state index in [2.05, 4.69) is 36.2 Å². The van der Waals surface area contributed by atoms with Crippen LogP contribution in [-0.2, 0) is 27.4 Å². The molecule has 0 saturated heterocycles. The maximum atomic E-state index is 14.1. The van der Waals surface area contributed by atoms with Gasteiger partial charge in [-0.1, -0.05) is 54.6 Å². The molecule has 5 aromatic rings. The topological polar surface area (TPSA) is 177 Å². The lowest BCUT2D eigenvalue weighted by Gasteiger charge is -2.29. The lowest BCUT2D eigenvalue weighted by molar-refractivity contribution is -0.129. The van der Waals surface area contributed by atoms with Gasteiger partial charge in [-0.2, -0.15) is 10.2 Å². The maximum Gasteiger partial charge on any atom is 0.407 e. The molecule has 2 amide bonds. The summed E-state index contributed by atoms with van der Waals surface area (Å²) in [6.07, 6.45) is 4.77. The van der Waals surface area contributed by atoms with Gasteiger partial charge in [-0.3, -0.25) is 9.59 Å². The van der Waals surface area contributed by atoms with Gasteiger partial charge in [-0.05, 0) is 105 Å². The number of alkyl carbamates (subject to hydrolysis) is 1. The number of ketones is 1. The van der Waals surface area contributed by atoms with Gasteiger partial charge >= 0.3 is 6.09 Å². The molecule has 1 atom stereocenters. The molecule has 0 unspecified atom stereocenters. The standard InChI is InChI=1S/C43H51N9O5/c1-43(2,3)57-42(55)45-25-28-14-16-31(17-15-28)37(53)24-34(39(54)46-35-20-18-32(19-21-35)38-48-50-51-49-38)23-30-12-9-13-33(22-30)36-26-44-41(52(4)5)47-40(36)56-27-29-10-7-6-8-11-29/h6-13,18-22,26,28,31,34H,14-17,23-25,27H2,1-5H3,(H,45,55)(H,46,54)(H,48,49,50,51)/t28?,31?,34-/m1/s1. The Kier molecular flexibility index (Phi) is 13.2. The summed E-state index contributed by atoms with van der Waals surface area (Å²) in [6, 6.07) is 25.0. The van der Waals surface area contributed by atoms with E-state index in [1.807, 2.05) is 94.4 Å². The van der Waals surface area contributed by atoms with E-state index in [1.165, 1.54) is 0 Å². The Balaban J connectivity index is 1.18. The van der Waals surface area contributed by atoms with Gasteiger partial charge in [0.25, 0.3) is 0 Å². The SMILES string of the molecule is CN(C)c1ncc(-c2cccc(C[C@H](CC(=O)C3CCC(CNC(=O)OC(C)(C)C)CC3)C(=O)Nc3ccc(-c4nn[nH]n4)cc3)c2)c(OCc2ccccc2)n1. The molecule has 0 aliphatic heterocycles. The Morgan fingerprint density at radius 2 is 1.65 bits per heavy atom. The normalized spacial score (nSPS) is 15.9. The van der Waals surface area contributed by atoms with Crippen LogP contribution in [0.3, 0.4) is 0 Å². The molecule has 1 aliphatic carbocycles. The second kappa shape index (κ2) is 18.6. The van der Waals surface area contributed by atoms with Crippen LogP contribution in [0.5, 0.6) is 5.88 Å². The van der Waals surface area contributed by atoms with Crippen molar-refractivity contribution in [1.82, 2.24) is 35.9 Å². The van der Waals surface area contributed by atoms with E-state index in [9.17, 15) is 14.4 Å². The van der Waals surface area contributed by atoms with Crippen LogP contribution in [0.15, 0.2) is 85.1 Å². The summed E-state index contributed by atoms with van der Waals surface area (Å²) in [4.78, 5) is 51.3. The van der Waals surface area contributed by atoms with Crippen molar-refractivity contribution in [2.24, 2.45) is 17.8 Å². The number of anilines is 2. The van der Waals surface area contributed by atoms with E-state index in [-0.39, 0.29) is 29.9 Å². The first-order valence-electron chi connectivity index (χ1n) is 19.3. The smallest absolute Gasteiger partial charge is 0.407 e. The summed E-state index contributed by atoms with van der Waals surface area (Å²) in [7, 11) is 3.75. The van der Waals surface area contributed by atoms with E-state index >= 15 is 0 Å². The number of rotatable bonds is 15. The number of benzene rings is 3. The number of tetrazole rings is 1. The summed E-state index contributed by atoms with van der Waals surface area (Å²) in [5.41, 5.74) is 4.22. The van der Waals surface area contributed by atoms with E-state index in [0.29, 0.717) is 55.8 Å². The number of H-pyrrole nitrogens is 1. The van der Waals surface area contributed by atoms with Crippen LogP contribution in [0.4, 0.5) is 16.4 Å². The fourth-order valence-corrected chi connectivity index (χ4v) is 6.89. The summed E-state index contributed by atoms with van der Waals surface area (Å²) in [6.45, 7) is 6.34. The summed E-state index contributed by atoms with van der Waals surface area (Å²) in [5.74, 6) is 0.696. The van der Waals surface area contributed by atoms with Gasteiger partial charge in [-0.15, -0.1) is 10.2 Å². The number of aromatic amines is 1. The molecular weight excluding hydrogens is 723 g/mol. The predicted octanol–water partition coefficient (Wildman–Crippen LogP) is 7.06. The molecule has 3 aromatic carbocycles. The number of nitrogens with one attached hydrogen (secondary N) is 3. The lowest BCUT2D eigenvalue weighted by Crippen LogP contribution is -2.37. The zero-order chi connectivity index (χ0) is 40.4. The minimum Gasteiger partial charge on any atom is -0.472 e. The minimum absolute atomic E-state index is 0.0709. The van der Waals surface area contributed by atoms with E-state index in [0.717, 1.165) is 40.7 Å². The van der Waals surface area contributed by atoms with Gasteiger partial charge < -0.3 is 25.0 Å². The number of hydrogen-bond donors (Lipinski definition) is 3. The molecule has 1 aliphatic rings. The average molecular weight is 774 g/mol. The van der Waals surface area contributed by atoms with Crippen LogP contribution in [0.25, 0.3) is 22.5 Å². The third-order valence-electron chi connectivity index (χ3n) is 9.89. The first-order chi connectivity index (χ1) is 27.4. The quantitative estimate of drug-likeness (QED) is 0.0993. The van der Waals surface area contributed by atoms with Crippen molar-refractivity contribution in [2.75, 3.05) is 30.9 Å². The highest BCUT2D eigenvalue weighted by Gasteiger charge is 2.31. The van der Waals surface area contributed by atoms with Gasteiger partial charge in [0, 0.05) is 56.3 Å². The largest absolute Gasteiger partial charge is 0.472 e. The summed E-state index contributed by atoms with van der Waals surface area (Å²) >= 11 is 0. The van der Waals surface area contributed by atoms with E-state index in [1.54, 1.807) is 30.5 Å². The highest BCUT2D eigenvalue weighted by atomic mass is 16.6. The second-order valence-corrected chi connectivity index (χ2v) is 15.7. The van der Waals surface area contributed by atoms with E-state index < -0.39 is 17.6 Å². The molecule has 0 spiro atoms. The first kappa shape index (κ1) is 40.5. The number of aromatic nitrogens is 6.